The summed E-state index contributed by atoms with van der Waals surface area (Å²) in [7, 11) is 0. The highest BCUT2D eigenvalue weighted by molar-refractivity contribution is 5.95. The number of hydrogen-bond donors (Lipinski definition) is 1. The van der Waals surface area contributed by atoms with Crippen LogP contribution in [0.1, 0.15) is 82.1 Å². The fraction of sp³-hybridized carbons (Fsp3) is 0.517. The fourth-order valence-corrected chi connectivity index (χ4v) is 4.65. The van der Waals surface area contributed by atoms with Crippen LogP contribution in [0.25, 0.3) is 0 Å². The van der Waals surface area contributed by atoms with Crippen LogP contribution in [-0.4, -0.2) is 35.2 Å². The molecule has 1 heterocycles. The molecule has 0 fully saturated rings. The van der Waals surface area contributed by atoms with Crippen molar-refractivity contribution in [2.24, 2.45) is 0 Å². The first-order chi connectivity index (χ1) is 16.6. The molecule has 1 atom stereocenters. The monoisotopic (exact) mass is 482 g/mol. The number of benzene rings is 2. The van der Waals surface area contributed by atoms with Gasteiger partial charge in [-0.25, -0.2) is 0 Å². The first-order valence-electron chi connectivity index (χ1n) is 12.5. The Hall–Kier alpha value is -2.86. The number of carbonyl (C=O) groups excluding carboxylic acids is 2. The van der Waals surface area contributed by atoms with Gasteiger partial charge in [-0.1, -0.05) is 44.2 Å². The summed E-state index contributed by atoms with van der Waals surface area (Å²) in [6.45, 7) is 10.8. The van der Waals surface area contributed by atoms with Crippen molar-refractivity contribution in [3.8, 4) is 11.5 Å². The number of aliphatic hydroxyl groups is 1. The van der Waals surface area contributed by atoms with Crippen LogP contribution in [0.2, 0.25) is 0 Å². The third-order valence-corrected chi connectivity index (χ3v) is 6.11. The number of ketones is 1. The lowest BCUT2D eigenvalue weighted by molar-refractivity contribution is -0.145. The van der Waals surface area contributed by atoms with Gasteiger partial charge >= 0.3 is 5.97 Å². The number of ether oxygens (including phenoxy) is 3. The minimum Gasteiger partial charge on any atom is -0.489 e. The van der Waals surface area contributed by atoms with Gasteiger partial charge < -0.3 is 19.3 Å². The van der Waals surface area contributed by atoms with E-state index < -0.39 is 12.1 Å². The third-order valence-electron chi connectivity index (χ3n) is 6.11. The van der Waals surface area contributed by atoms with E-state index in [1.165, 1.54) is 0 Å². The van der Waals surface area contributed by atoms with Gasteiger partial charge in [0, 0.05) is 29.5 Å². The molecule has 2 aromatic carbocycles. The van der Waals surface area contributed by atoms with E-state index in [1.54, 1.807) is 6.92 Å². The van der Waals surface area contributed by atoms with Crippen molar-refractivity contribution in [1.29, 1.82) is 0 Å². The molecule has 1 aliphatic rings. The zero-order chi connectivity index (χ0) is 25.6. The van der Waals surface area contributed by atoms with Crippen LogP contribution in [0, 0.1) is 0 Å². The molecule has 0 bridgehead atoms. The van der Waals surface area contributed by atoms with Crippen molar-refractivity contribution < 1.29 is 28.9 Å². The number of aliphatic hydroxyl groups excluding tert-OH is 1. The molecule has 6 nitrogen and oxygen atoms in total. The van der Waals surface area contributed by atoms with E-state index in [2.05, 4.69) is 33.8 Å². The van der Waals surface area contributed by atoms with E-state index in [0.717, 1.165) is 40.2 Å². The summed E-state index contributed by atoms with van der Waals surface area (Å²) in [6.07, 6.45) is 0.466. The van der Waals surface area contributed by atoms with E-state index >= 15 is 0 Å². The topological polar surface area (TPSA) is 82.1 Å². The van der Waals surface area contributed by atoms with Gasteiger partial charge in [-0.3, -0.25) is 9.59 Å². The summed E-state index contributed by atoms with van der Waals surface area (Å²) in [5.41, 5.74) is 3.98. The molecule has 0 aliphatic carbocycles. The Kier molecular flexibility index (Phi) is 8.95. The van der Waals surface area contributed by atoms with Crippen LogP contribution in [0.4, 0.5) is 0 Å². The summed E-state index contributed by atoms with van der Waals surface area (Å²) < 4.78 is 17.5. The predicted molar refractivity (Wildman–Crippen MR) is 135 cm³/mol. The summed E-state index contributed by atoms with van der Waals surface area (Å²) in [4.78, 5) is 23.7. The SMILES string of the molecule is CCOC(=O)CC(=O)CC(O)CCc1c2c(cc(OCc3ccccc3)c1C(C)C)CC(C)(C)O2. The number of Topliss-reactive ketones (excluding diaryl/α,β-unsaturated/α-hetero) is 1. The number of esters is 1. The van der Waals surface area contributed by atoms with E-state index in [9.17, 15) is 14.7 Å². The predicted octanol–water partition coefficient (Wildman–Crippen LogP) is 5.31. The molecule has 1 unspecified atom stereocenters. The lowest BCUT2D eigenvalue weighted by atomic mass is 9.88. The van der Waals surface area contributed by atoms with Crippen LogP contribution >= 0.6 is 0 Å². The Morgan fingerprint density at radius 2 is 1.89 bits per heavy atom. The molecule has 6 heteroatoms. The van der Waals surface area contributed by atoms with Gasteiger partial charge in [-0.05, 0) is 51.2 Å². The third kappa shape index (κ3) is 7.31. The standard InChI is InChI=1S/C29H38O6/c1-6-33-26(32)16-23(31)15-22(30)12-13-24-27(19(2)3)25(34-18-20-10-8-7-9-11-20)14-21-17-29(4,5)35-28(21)24/h7-11,14,19,22,30H,6,12-13,15-18H2,1-5H3. The van der Waals surface area contributed by atoms with Crippen LogP contribution in [0.5, 0.6) is 11.5 Å². The van der Waals surface area contributed by atoms with Crippen LogP contribution < -0.4 is 9.47 Å². The number of fused-ring (bicyclic) bond motifs is 1. The van der Waals surface area contributed by atoms with Crippen molar-refractivity contribution in [3.63, 3.8) is 0 Å². The van der Waals surface area contributed by atoms with Crippen molar-refractivity contribution >= 4 is 11.8 Å². The van der Waals surface area contributed by atoms with Gasteiger partial charge in [0.15, 0.2) is 0 Å². The van der Waals surface area contributed by atoms with Crippen LogP contribution in [0.15, 0.2) is 36.4 Å². The zero-order valence-electron chi connectivity index (χ0n) is 21.6. The zero-order valence-corrected chi connectivity index (χ0v) is 21.6. The van der Waals surface area contributed by atoms with Gasteiger partial charge in [0.25, 0.3) is 0 Å². The van der Waals surface area contributed by atoms with Gasteiger partial charge in [-0.2, -0.15) is 0 Å². The molecule has 1 aliphatic heterocycles. The highest BCUT2D eigenvalue weighted by Gasteiger charge is 2.35. The molecule has 3 rings (SSSR count). The highest BCUT2D eigenvalue weighted by Crippen LogP contribution is 2.46. The van der Waals surface area contributed by atoms with E-state index in [-0.39, 0.29) is 36.8 Å². The van der Waals surface area contributed by atoms with Crippen molar-refractivity contribution in [2.75, 3.05) is 6.61 Å². The molecule has 0 saturated heterocycles. The van der Waals surface area contributed by atoms with Gasteiger partial charge in [0.2, 0.25) is 0 Å². The normalized spacial score (nSPS) is 14.8. The molecule has 0 saturated carbocycles. The molecule has 190 valence electrons. The van der Waals surface area contributed by atoms with E-state index in [0.29, 0.717) is 19.4 Å². The summed E-state index contributed by atoms with van der Waals surface area (Å²) >= 11 is 0. The maximum atomic E-state index is 12.2. The molecule has 0 aromatic heterocycles. The Morgan fingerprint density at radius 1 is 1.17 bits per heavy atom. The lowest BCUT2D eigenvalue weighted by Gasteiger charge is -2.23. The maximum absolute atomic E-state index is 12.2. The largest absolute Gasteiger partial charge is 0.489 e. The average molecular weight is 483 g/mol. The second-order valence-electron chi connectivity index (χ2n) is 10.1. The summed E-state index contributed by atoms with van der Waals surface area (Å²) in [5, 5.41) is 10.6. The second kappa shape index (κ2) is 11.7. The van der Waals surface area contributed by atoms with Crippen molar-refractivity contribution in [2.45, 2.75) is 91.0 Å². The molecular weight excluding hydrogens is 444 g/mol. The van der Waals surface area contributed by atoms with E-state index in [1.807, 2.05) is 30.3 Å². The number of carbonyl (C=O) groups is 2. The maximum Gasteiger partial charge on any atom is 0.313 e. The summed E-state index contributed by atoms with van der Waals surface area (Å²) in [6, 6.07) is 12.2. The lowest BCUT2D eigenvalue weighted by Crippen LogP contribution is -2.25. The molecule has 0 spiro atoms. The number of rotatable bonds is 12. The van der Waals surface area contributed by atoms with Crippen LogP contribution in [-0.2, 0) is 33.8 Å². The molecule has 2 aromatic rings. The number of hydrogen-bond acceptors (Lipinski definition) is 6. The van der Waals surface area contributed by atoms with Crippen molar-refractivity contribution in [1.82, 2.24) is 0 Å². The quantitative estimate of drug-likeness (QED) is 0.326. The van der Waals surface area contributed by atoms with Gasteiger partial charge in [-0.15, -0.1) is 0 Å². The molecule has 1 N–H and O–H groups in total. The Morgan fingerprint density at radius 3 is 2.54 bits per heavy atom. The molecule has 0 amide bonds. The van der Waals surface area contributed by atoms with Crippen LogP contribution in [0.3, 0.4) is 0 Å². The Bertz CT molecular complexity index is 1030. The minimum absolute atomic E-state index is 0.0748. The first-order valence-corrected chi connectivity index (χ1v) is 12.5. The van der Waals surface area contributed by atoms with Gasteiger partial charge in [0.1, 0.15) is 35.9 Å². The van der Waals surface area contributed by atoms with Gasteiger partial charge in [0.05, 0.1) is 12.7 Å². The summed E-state index contributed by atoms with van der Waals surface area (Å²) in [5.74, 6) is 1.02. The Labute approximate surface area is 208 Å². The Balaban J connectivity index is 1.81. The highest BCUT2D eigenvalue weighted by atomic mass is 16.5. The average Bonchev–Trinajstić information content (AvgIpc) is 3.09. The fourth-order valence-electron chi connectivity index (χ4n) is 4.65. The molecular formula is C29H38O6. The minimum atomic E-state index is -0.851. The second-order valence-corrected chi connectivity index (χ2v) is 10.1. The van der Waals surface area contributed by atoms with Crippen molar-refractivity contribution in [3.05, 3.63) is 58.7 Å². The van der Waals surface area contributed by atoms with E-state index in [4.69, 9.17) is 14.2 Å². The first kappa shape index (κ1) is 26.7. The molecule has 35 heavy (non-hydrogen) atoms. The smallest absolute Gasteiger partial charge is 0.313 e. The molecule has 0 radical (unpaired) electrons.